The smallest absolute Gasteiger partial charge is 0.118 e. The number of hydrogen-bond acceptors (Lipinski definition) is 3. The van der Waals surface area contributed by atoms with Gasteiger partial charge in [0.15, 0.2) is 0 Å². The number of aryl methyl sites for hydroxylation is 1. The van der Waals surface area contributed by atoms with Gasteiger partial charge < -0.3 is 9.84 Å². The summed E-state index contributed by atoms with van der Waals surface area (Å²) in [5, 5.41) is 10.2. The van der Waals surface area contributed by atoms with Crippen LogP contribution in [0.5, 0.6) is 5.75 Å². The van der Waals surface area contributed by atoms with Gasteiger partial charge in [0, 0.05) is 5.56 Å². The molecule has 1 N–H and O–H groups in total. The number of rotatable bonds is 5. The van der Waals surface area contributed by atoms with Crippen LogP contribution < -0.4 is 4.74 Å². The molecule has 0 aliphatic heterocycles. The average molecular weight is 406 g/mol. The van der Waals surface area contributed by atoms with Gasteiger partial charge >= 0.3 is 0 Å². The molecule has 2 rings (SSSR count). The Morgan fingerprint density at radius 1 is 1.26 bits per heavy atom. The molecule has 0 fully saturated rings. The highest BCUT2D eigenvalue weighted by Gasteiger charge is 2.14. The number of hydrogen-bond donors (Lipinski definition) is 1. The van der Waals surface area contributed by atoms with Crippen LogP contribution in [0.25, 0.3) is 0 Å². The molecular formula is C14H14Br2O2S. The number of benzene rings is 1. The molecule has 19 heavy (non-hydrogen) atoms. The van der Waals surface area contributed by atoms with Crippen molar-refractivity contribution in [1.29, 1.82) is 0 Å². The summed E-state index contributed by atoms with van der Waals surface area (Å²) in [6.07, 6.45) is 1.10. The highest BCUT2D eigenvalue weighted by atomic mass is 79.9. The van der Waals surface area contributed by atoms with Gasteiger partial charge in [-0.3, -0.25) is 0 Å². The van der Waals surface area contributed by atoms with E-state index < -0.39 is 6.10 Å². The molecule has 1 unspecified atom stereocenters. The van der Waals surface area contributed by atoms with Crippen LogP contribution >= 0.6 is 43.2 Å². The van der Waals surface area contributed by atoms with Gasteiger partial charge in [0.25, 0.3) is 0 Å². The predicted octanol–water partition coefficient (Wildman–Crippen LogP) is 4.95. The molecule has 2 nitrogen and oxygen atoms in total. The lowest BCUT2D eigenvalue weighted by molar-refractivity contribution is 0.167. The molecule has 0 spiro atoms. The van der Waals surface area contributed by atoms with Crippen LogP contribution in [0.4, 0.5) is 0 Å². The number of aliphatic hydroxyl groups is 1. The topological polar surface area (TPSA) is 29.5 Å². The number of thiophene rings is 1. The van der Waals surface area contributed by atoms with E-state index in [2.05, 4.69) is 31.9 Å². The van der Waals surface area contributed by atoms with Crippen LogP contribution in [0.2, 0.25) is 0 Å². The second-order valence-electron chi connectivity index (χ2n) is 4.18. The van der Waals surface area contributed by atoms with E-state index in [1.165, 1.54) is 5.56 Å². The largest absolute Gasteiger partial charge is 0.497 e. The third kappa shape index (κ3) is 4.05. The van der Waals surface area contributed by atoms with Crippen molar-refractivity contribution in [2.24, 2.45) is 0 Å². The summed E-state index contributed by atoms with van der Waals surface area (Å²) < 4.78 is 7.14. The van der Waals surface area contributed by atoms with E-state index in [-0.39, 0.29) is 0 Å². The second-order valence-corrected chi connectivity index (χ2v) is 7.93. The molecule has 1 aromatic carbocycles. The second kappa shape index (κ2) is 6.88. The monoisotopic (exact) mass is 404 g/mol. The Hall–Kier alpha value is -0.360. The summed E-state index contributed by atoms with van der Waals surface area (Å²) >= 11 is 8.48. The first-order valence-electron chi connectivity index (χ1n) is 5.86. The quantitative estimate of drug-likeness (QED) is 0.762. The number of ether oxygens (including phenoxy) is 1. The molecule has 0 radical (unpaired) electrons. The van der Waals surface area contributed by atoms with Crippen LogP contribution in [0, 0.1) is 0 Å². The molecular weight excluding hydrogens is 392 g/mol. The number of methoxy groups -OCH3 is 1. The van der Waals surface area contributed by atoms with Crippen LogP contribution in [-0.4, -0.2) is 12.2 Å². The van der Waals surface area contributed by atoms with Gasteiger partial charge in [-0.05, 0) is 68.5 Å². The zero-order valence-corrected chi connectivity index (χ0v) is 14.4. The molecule has 1 heterocycles. The van der Waals surface area contributed by atoms with Crippen molar-refractivity contribution in [2.75, 3.05) is 7.11 Å². The summed E-state index contributed by atoms with van der Waals surface area (Å²) in [6.45, 7) is 0. The van der Waals surface area contributed by atoms with Gasteiger partial charge in [0.05, 0.1) is 20.8 Å². The van der Waals surface area contributed by atoms with Gasteiger partial charge in [-0.25, -0.2) is 0 Å². The van der Waals surface area contributed by atoms with E-state index in [1.807, 2.05) is 30.3 Å². The first-order valence-corrected chi connectivity index (χ1v) is 8.26. The van der Waals surface area contributed by atoms with Gasteiger partial charge in [-0.2, -0.15) is 0 Å². The van der Waals surface area contributed by atoms with Crippen molar-refractivity contribution < 1.29 is 9.84 Å². The van der Waals surface area contributed by atoms with Crippen molar-refractivity contribution in [2.45, 2.75) is 18.9 Å². The molecule has 0 bridgehead atoms. The zero-order chi connectivity index (χ0) is 13.8. The van der Waals surface area contributed by atoms with Crippen molar-refractivity contribution in [1.82, 2.24) is 0 Å². The Kier molecular flexibility index (Phi) is 5.45. The van der Waals surface area contributed by atoms with Gasteiger partial charge in [-0.15, -0.1) is 11.3 Å². The maximum Gasteiger partial charge on any atom is 0.118 e. The lowest BCUT2D eigenvalue weighted by atomic mass is 10.0. The maximum atomic E-state index is 10.2. The third-order valence-corrected chi connectivity index (χ3v) is 5.29. The molecule has 1 aromatic heterocycles. The van der Waals surface area contributed by atoms with Crippen molar-refractivity contribution in [3.63, 3.8) is 0 Å². The zero-order valence-electron chi connectivity index (χ0n) is 10.4. The lowest BCUT2D eigenvalue weighted by Crippen LogP contribution is -1.99. The van der Waals surface area contributed by atoms with Crippen molar-refractivity contribution in [3.05, 3.63) is 49.0 Å². The number of halogens is 2. The summed E-state index contributed by atoms with van der Waals surface area (Å²) in [5.41, 5.74) is 2.15. The minimum atomic E-state index is -0.445. The van der Waals surface area contributed by atoms with E-state index in [9.17, 15) is 5.11 Å². The fourth-order valence-electron chi connectivity index (χ4n) is 1.83. The van der Waals surface area contributed by atoms with E-state index in [0.29, 0.717) is 6.42 Å². The molecule has 0 saturated carbocycles. The van der Waals surface area contributed by atoms with E-state index in [0.717, 1.165) is 25.3 Å². The van der Waals surface area contributed by atoms with E-state index in [4.69, 9.17) is 4.74 Å². The Morgan fingerprint density at radius 2 is 1.95 bits per heavy atom. The SMILES string of the molecule is COc1ccc(CCC(O)c2cc(Br)sc2Br)cc1. The Balaban J connectivity index is 1.96. The minimum Gasteiger partial charge on any atom is -0.497 e. The van der Waals surface area contributed by atoms with Crippen molar-refractivity contribution in [3.8, 4) is 5.75 Å². The van der Waals surface area contributed by atoms with E-state index >= 15 is 0 Å². The predicted molar refractivity (Wildman–Crippen MR) is 86.0 cm³/mol. The molecule has 0 aliphatic rings. The summed E-state index contributed by atoms with van der Waals surface area (Å²) in [5.74, 6) is 0.855. The Labute approximate surface area is 133 Å². The molecule has 5 heteroatoms. The van der Waals surface area contributed by atoms with Crippen LogP contribution in [0.3, 0.4) is 0 Å². The molecule has 0 amide bonds. The van der Waals surface area contributed by atoms with Crippen LogP contribution in [0.1, 0.15) is 23.7 Å². The third-order valence-electron chi connectivity index (χ3n) is 2.91. The normalized spacial score (nSPS) is 12.4. The van der Waals surface area contributed by atoms with E-state index in [1.54, 1.807) is 18.4 Å². The highest BCUT2D eigenvalue weighted by Crippen LogP contribution is 2.36. The summed E-state index contributed by atoms with van der Waals surface area (Å²) in [4.78, 5) is 0. The van der Waals surface area contributed by atoms with Gasteiger partial charge in [0.2, 0.25) is 0 Å². The van der Waals surface area contributed by atoms with Crippen LogP contribution in [0.15, 0.2) is 37.9 Å². The maximum absolute atomic E-state index is 10.2. The first kappa shape index (κ1) is 15.0. The lowest BCUT2D eigenvalue weighted by Gasteiger charge is -2.10. The first-order chi connectivity index (χ1) is 9.10. The Bertz CT molecular complexity index is 537. The summed E-state index contributed by atoms with van der Waals surface area (Å²) in [6, 6.07) is 9.92. The molecule has 1 atom stereocenters. The minimum absolute atomic E-state index is 0.445. The highest BCUT2D eigenvalue weighted by molar-refractivity contribution is 9.12. The van der Waals surface area contributed by atoms with Gasteiger partial charge in [0.1, 0.15) is 5.75 Å². The summed E-state index contributed by atoms with van der Waals surface area (Å²) in [7, 11) is 1.66. The average Bonchev–Trinajstić information content (AvgIpc) is 2.75. The number of aliphatic hydroxyl groups excluding tert-OH is 1. The van der Waals surface area contributed by atoms with Crippen LogP contribution in [-0.2, 0) is 6.42 Å². The molecule has 102 valence electrons. The fourth-order valence-corrected chi connectivity index (χ4v) is 4.79. The van der Waals surface area contributed by atoms with Gasteiger partial charge in [-0.1, -0.05) is 12.1 Å². The molecule has 0 saturated heterocycles. The van der Waals surface area contributed by atoms with Crippen molar-refractivity contribution >= 4 is 43.2 Å². The Morgan fingerprint density at radius 3 is 2.47 bits per heavy atom. The molecule has 0 aliphatic carbocycles. The standard InChI is InChI=1S/C14H14Br2O2S/c1-18-10-5-2-9(3-6-10)4-7-12(17)11-8-13(15)19-14(11)16/h2-3,5-6,8,12,17H,4,7H2,1H3. The fraction of sp³-hybridized carbons (Fsp3) is 0.286. The molecule has 2 aromatic rings.